The topological polar surface area (TPSA) is 50.4 Å². The number of ether oxygens (including phenoxy) is 1. The SMILES string of the molecule is O=C(COc1ccc2cc(Br)ccc2c1)NCC1=CCNCC1. The molecule has 0 aliphatic carbocycles. The van der Waals surface area contributed by atoms with Gasteiger partial charge in [-0.2, -0.15) is 0 Å². The number of carbonyl (C=O) groups is 1. The average Bonchev–Trinajstić information content (AvgIpc) is 2.59. The number of carbonyl (C=O) groups excluding carboxylic acids is 1. The summed E-state index contributed by atoms with van der Waals surface area (Å²) in [4.78, 5) is 11.9. The highest BCUT2D eigenvalue weighted by molar-refractivity contribution is 9.10. The predicted octanol–water partition coefficient (Wildman–Crippen LogP) is 3.02. The van der Waals surface area contributed by atoms with Gasteiger partial charge in [0.2, 0.25) is 0 Å². The number of amides is 1. The molecule has 0 saturated carbocycles. The predicted molar refractivity (Wildman–Crippen MR) is 95.7 cm³/mol. The van der Waals surface area contributed by atoms with E-state index in [-0.39, 0.29) is 12.5 Å². The molecule has 4 nitrogen and oxygen atoms in total. The van der Waals surface area contributed by atoms with E-state index < -0.39 is 0 Å². The van der Waals surface area contributed by atoms with Crippen LogP contribution in [0, 0.1) is 0 Å². The molecule has 1 aliphatic heterocycles. The molecular weight excluding hydrogens is 356 g/mol. The fourth-order valence-corrected chi connectivity index (χ4v) is 2.91. The molecule has 1 heterocycles. The molecule has 0 atom stereocenters. The number of nitrogens with one attached hydrogen (secondary N) is 2. The minimum Gasteiger partial charge on any atom is -0.484 e. The molecule has 120 valence electrons. The second-order valence-electron chi connectivity index (χ2n) is 5.54. The lowest BCUT2D eigenvalue weighted by Crippen LogP contribution is -2.32. The quantitative estimate of drug-likeness (QED) is 0.790. The lowest BCUT2D eigenvalue weighted by Gasteiger charge is -2.14. The van der Waals surface area contributed by atoms with Gasteiger partial charge in [0.15, 0.2) is 6.61 Å². The molecule has 1 amide bonds. The zero-order valence-corrected chi connectivity index (χ0v) is 14.4. The smallest absolute Gasteiger partial charge is 0.258 e. The van der Waals surface area contributed by atoms with E-state index in [0.717, 1.165) is 34.8 Å². The van der Waals surface area contributed by atoms with Gasteiger partial charge in [0.05, 0.1) is 0 Å². The Kier molecular flexibility index (Phi) is 5.31. The van der Waals surface area contributed by atoms with E-state index in [2.05, 4.69) is 38.7 Å². The van der Waals surface area contributed by atoms with Crippen molar-refractivity contribution < 1.29 is 9.53 Å². The third-order valence-electron chi connectivity index (χ3n) is 3.81. The molecule has 0 spiro atoms. The van der Waals surface area contributed by atoms with Gasteiger partial charge in [-0.25, -0.2) is 0 Å². The average molecular weight is 375 g/mol. The molecule has 3 rings (SSSR count). The van der Waals surface area contributed by atoms with Crippen molar-refractivity contribution in [3.63, 3.8) is 0 Å². The van der Waals surface area contributed by atoms with Gasteiger partial charge in [-0.15, -0.1) is 0 Å². The summed E-state index contributed by atoms with van der Waals surface area (Å²) in [6.45, 7) is 2.50. The van der Waals surface area contributed by atoms with Crippen LogP contribution in [0.3, 0.4) is 0 Å². The third kappa shape index (κ3) is 4.56. The lowest BCUT2D eigenvalue weighted by atomic mass is 10.1. The number of hydrogen-bond donors (Lipinski definition) is 2. The summed E-state index contributed by atoms with van der Waals surface area (Å²) >= 11 is 3.46. The number of hydrogen-bond acceptors (Lipinski definition) is 3. The van der Waals surface area contributed by atoms with Crippen LogP contribution in [-0.4, -0.2) is 32.1 Å². The largest absolute Gasteiger partial charge is 0.484 e. The molecule has 5 heteroatoms. The maximum atomic E-state index is 11.9. The molecule has 0 saturated heterocycles. The molecule has 1 aliphatic rings. The number of rotatable bonds is 5. The Bertz CT molecular complexity index is 743. The summed E-state index contributed by atoms with van der Waals surface area (Å²) in [5, 5.41) is 8.37. The van der Waals surface area contributed by atoms with E-state index in [0.29, 0.717) is 12.3 Å². The van der Waals surface area contributed by atoms with Gasteiger partial charge in [-0.1, -0.05) is 39.7 Å². The monoisotopic (exact) mass is 374 g/mol. The standard InChI is InChI=1S/C18H19BrN2O2/c19-16-3-1-15-10-17(4-2-14(15)9-16)23-12-18(22)21-11-13-5-7-20-8-6-13/h1-5,9-10,20H,6-8,11-12H2,(H,21,22). The van der Waals surface area contributed by atoms with Crippen LogP contribution in [0.5, 0.6) is 5.75 Å². The summed E-state index contributed by atoms with van der Waals surface area (Å²) in [7, 11) is 0. The van der Waals surface area contributed by atoms with Gasteiger partial charge in [0.25, 0.3) is 5.91 Å². The Morgan fingerprint density at radius 1 is 1.22 bits per heavy atom. The summed E-state index contributed by atoms with van der Waals surface area (Å²) in [6, 6.07) is 11.9. The van der Waals surface area contributed by atoms with Crippen LogP contribution in [0.4, 0.5) is 0 Å². The number of benzene rings is 2. The van der Waals surface area contributed by atoms with Gasteiger partial charge in [-0.05, 0) is 48.0 Å². The van der Waals surface area contributed by atoms with Crippen LogP contribution in [0.25, 0.3) is 10.8 Å². The van der Waals surface area contributed by atoms with Gasteiger partial charge in [0.1, 0.15) is 5.75 Å². The Morgan fingerprint density at radius 3 is 2.87 bits per heavy atom. The first-order valence-electron chi connectivity index (χ1n) is 7.68. The summed E-state index contributed by atoms with van der Waals surface area (Å²) in [6.07, 6.45) is 3.12. The van der Waals surface area contributed by atoms with Gasteiger partial charge in [0, 0.05) is 17.6 Å². The molecule has 0 unspecified atom stereocenters. The maximum Gasteiger partial charge on any atom is 0.258 e. The van der Waals surface area contributed by atoms with E-state index in [1.807, 2.05) is 30.3 Å². The fraction of sp³-hybridized carbons (Fsp3) is 0.278. The van der Waals surface area contributed by atoms with Crippen molar-refractivity contribution in [2.75, 3.05) is 26.2 Å². The molecule has 0 fully saturated rings. The first-order valence-corrected chi connectivity index (χ1v) is 8.47. The van der Waals surface area contributed by atoms with Crippen molar-refractivity contribution in [3.05, 3.63) is 52.5 Å². The molecular formula is C18H19BrN2O2. The highest BCUT2D eigenvalue weighted by atomic mass is 79.9. The van der Waals surface area contributed by atoms with Crippen molar-refractivity contribution in [1.29, 1.82) is 0 Å². The third-order valence-corrected chi connectivity index (χ3v) is 4.31. The van der Waals surface area contributed by atoms with E-state index in [9.17, 15) is 4.79 Å². The highest BCUT2D eigenvalue weighted by Crippen LogP contribution is 2.24. The van der Waals surface area contributed by atoms with Crippen molar-refractivity contribution in [1.82, 2.24) is 10.6 Å². The highest BCUT2D eigenvalue weighted by Gasteiger charge is 2.07. The molecule has 2 aromatic carbocycles. The molecule has 2 N–H and O–H groups in total. The van der Waals surface area contributed by atoms with Gasteiger partial charge in [-0.3, -0.25) is 4.79 Å². The van der Waals surface area contributed by atoms with E-state index in [4.69, 9.17) is 4.74 Å². The summed E-state index contributed by atoms with van der Waals surface area (Å²) in [5.41, 5.74) is 1.27. The van der Waals surface area contributed by atoms with E-state index in [1.54, 1.807) is 0 Å². The minimum absolute atomic E-state index is 0.0353. The Morgan fingerprint density at radius 2 is 2.04 bits per heavy atom. The van der Waals surface area contributed by atoms with Gasteiger partial charge < -0.3 is 15.4 Å². The van der Waals surface area contributed by atoms with E-state index in [1.165, 1.54) is 5.57 Å². The second-order valence-corrected chi connectivity index (χ2v) is 6.45. The normalized spacial score (nSPS) is 14.4. The van der Waals surface area contributed by atoms with Crippen molar-refractivity contribution in [2.24, 2.45) is 0 Å². The lowest BCUT2D eigenvalue weighted by molar-refractivity contribution is -0.122. The first kappa shape index (κ1) is 16.0. The molecule has 2 aromatic rings. The maximum absolute atomic E-state index is 11.9. The van der Waals surface area contributed by atoms with Crippen molar-refractivity contribution >= 4 is 32.6 Å². The summed E-state index contributed by atoms with van der Waals surface area (Å²) < 4.78 is 6.64. The van der Waals surface area contributed by atoms with Crippen molar-refractivity contribution in [3.8, 4) is 5.75 Å². The molecule has 0 radical (unpaired) electrons. The Balaban J connectivity index is 1.52. The van der Waals surface area contributed by atoms with E-state index >= 15 is 0 Å². The molecule has 0 bridgehead atoms. The second kappa shape index (κ2) is 7.62. The zero-order chi connectivity index (χ0) is 16.1. The molecule has 23 heavy (non-hydrogen) atoms. The van der Waals surface area contributed by atoms with Crippen LogP contribution < -0.4 is 15.4 Å². The minimum atomic E-state index is -0.0969. The van der Waals surface area contributed by atoms with Gasteiger partial charge >= 0.3 is 0 Å². The fourth-order valence-electron chi connectivity index (χ4n) is 2.53. The Labute approximate surface area is 144 Å². The Hall–Kier alpha value is -1.85. The van der Waals surface area contributed by atoms with Crippen LogP contribution in [0.2, 0.25) is 0 Å². The number of fused-ring (bicyclic) bond motifs is 1. The first-order chi connectivity index (χ1) is 11.2. The van der Waals surface area contributed by atoms with Crippen LogP contribution >= 0.6 is 15.9 Å². The van der Waals surface area contributed by atoms with Crippen molar-refractivity contribution in [2.45, 2.75) is 6.42 Å². The molecule has 0 aromatic heterocycles. The zero-order valence-electron chi connectivity index (χ0n) is 12.8. The van der Waals surface area contributed by atoms with Crippen LogP contribution in [0.1, 0.15) is 6.42 Å². The summed E-state index contributed by atoms with van der Waals surface area (Å²) in [5.74, 6) is 0.608. The van der Waals surface area contributed by atoms with Crippen LogP contribution in [0.15, 0.2) is 52.5 Å². The number of halogens is 1. The van der Waals surface area contributed by atoms with Crippen LogP contribution in [-0.2, 0) is 4.79 Å².